The van der Waals surface area contributed by atoms with Crippen LogP contribution >= 0.6 is 0 Å². The second kappa shape index (κ2) is 9.78. The number of rotatable bonds is 7. The molecule has 0 aromatic heterocycles. The third kappa shape index (κ3) is 5.62. The molecule has 0 fully saturated rings. The molecule has 3 aromatic carbocycles. The van der Waals surface area contributed by atoms with Gasteiger partial charge in [-0.15, -0.1) is 0 Å². The lowest BCUT2D eigenvalue weighted by Gasteiger charge is -2.23. The molecule has 0 saturated carbocycles. The molecule has 4 rings (SSSR count). The Morgan fingerprint density at radius 3 is 2.14 bits per heavy atom. The zero-order chi connectivity index (χ0) is 25.2. The summed E-state index contributed by atoms with van der Waals surface area (Å²) in [5.41, 5.74) is 4.06. The minimum absolute atomic E-state index is 0.0523. The van der Waals surface area contributed by atoms with Crippen molar-refractivity contribution in [2.45, 2.75) is 44.8 Å². The number of halogens is 1. The normalized spacial score (nSPS) is 13.5. The number of benzene rings is 3. The summed E-state index contributed by atoms with van der Waals surface area (Å²) in [4.78, 5) is 24.1. The van der Waals surface area contributed by atoms with Crippen LogP contribution in [0.15, 0.2) is 66.7 Å². The maximum absolute atomic E-state index is 14.6. The fraction of sp³-hybridized carbons (Fsp3) is 0.286. The van der Waals surface area contributed by atoms with Gasteiger partial charge in [-0.2, -0.15) is 0 Å². The highest BCUT2D eigenvalue weighted by molar-refractivity contribution is 5.79. The zero-order valence-electron chi connectivity index (χ0n) is 19.9. The van der Waals surface area contributed by atoms with E-state index in [0.29, 0.717) is 5.56 Å². The number of nitrogens with one attached hydrogen (secondary N) is 1. The van der Waals surface area contributed by atoms with E-state index in [1.54, 1.807) is 26.8 Å². The molecule has 7 heteroatoms. The first-order valence-corrected chi connectivity index (χ1v) is 11.4. The minimum Gasteiger partial charge on any atom is -0.485 e. The van der Waals surface area contributed by atoms with E-state index < -0.39 is 35.9 Å². The SMILES string of the molecule is CC(C)(C)Oc1ccc(C(CC(=O)O)NC(=O)OCC2c3ccccc3-c3ccccc32)cc1F. The van der Waals surface area contributed by atoms with Crippen LogP contribution < -0.4 is 10.1 Å². The Hall–Kier alpha value is -3.87. The Morgan fingerprint density at radius 1 is 1.00 bits per heavy atom. The van der Waals surface area contributed by atoms with Gasteiger partial charge >= 0.3 is 12.1 Å². The summed E-state index contributed by atoms with van der Waals surface area (Å²) in [7, 11) is 0. The van der Waals surface area contributed by atoms with Crippen molar-refractivity contribution in [3.8, 4) is 16.9 Å². The van der Waals surface area contributed by atoms with Gasteiger partial charge in [0.15, 0.2) is 11.6 Å². The molecule has 1 aliphatic rings. The number of amides is 1. The summed E-state index contributed by atoms with van der Waals surface area (Å²) in [5.74, 6) is -1.85. The van der Waals surface area contributed by atoms with Crippen LogP contribution in [0.2, 0.25) is 0 Å². The molecule has 2 N–H and O–H groups in total. The average Bonchev–Trinajstić information content (AvgIpc) is 3.11. The molecule has 182 valence electrons. The number of hydrogen-bond acceptors (Lipinski definition) is 4. The molecular weight excluding hydrogens is 449 g/mol. The molecule has 0 bridgehead atoms. The molecule has 1 amide bonds. The quantitative estimate of drug-likeness (QED) is 0.432. The molecule has 1 aliphatic carbocycles. The number of carboxylic acid groups (broad SMARTS) is 1. The summed E-state index contributed by atoms with van der Waals surface area (Å²) in [5, 5.41) is 11.9. The predicted octanol–water partition coefficient (Wildman–Crippen LogP) is 6.06. The van der Waals surface area contributed by atoms with Crippen molar-refractivity contribution in [2.75, 3.05) is 6.61 Å². The molecule has 0 saturated heterocycles. The molecule has 1 atom stereocenters. The lowest BCUT2D eigenvalue weighted by molar-refractivity contribution is -0.137. The van der Waals surface area contributed by atoms with E-state index in [1.807, 2.05) is 48.5 Å². The molecule has 6 nitrogen and oxygen atoms in total. The highest BCUT2D eigenvalue weighted by Crippen LogP contribution is 2.44. The number of fused-ring (bicyclic) bond motifs is 3. The smallest absolute Gasteiger partial charge is 0.407 e. The van der Waals surface area contributed by atoms with Crippen molar-refractivity contribution < 1.29 is 28.6 Å². The number of aliphatic carboxylic acids is 1. The van der Waals surface area contributed by atoms with Crippen LogP contribution in [0, 0.1) is 5.82 Å². The zero-order valence-corrected chi connectivity index (χ0v) is 19.9. The third-order valence-corrected chi connectivity index (χ3v) is 5.79. The fourth-order valence-electron chi connectivity index (χ4n) is 4.36. The first-order valence-electron chi connectivity index (χ1n) is 11.4. The Morgan fingerprint density at radius 2 is 1.60 bits per heavy atom. The van der Waals surface area contributed by atoms with Gasteiger partial charge in [0.1, 0.15) is 12.2 Å². The maximum atomic E-state index is 14.6. The van der Waals surface area contributed by atoms with E-state index in [9.17, 15) is 19.1 Å². The largest absolute Gasteiger partial charge is 0.485 e. The van der Waals surface area contributed by atoms with Gasteiger partial charge in [0.25, 0.3) is 0 Å². The van der Waals surface area contributed by atoms with Gasteiger partial charge in [0.05, 0.1) is 12.5 Å². The van der Waals surface area contributed by atoms with Crippen LogP contribution in [0.4, 0.5) is 9.18 Å². The van der Waals surface area contributed by atoms with Crippen LogP contribution in [-0.4, -0.2) is 29.4 Å². The molecule has 0 heterocycles. The van der Waals surface area contributed by atoms with Gasteiger partial charge in [-0.25, -0.2) is 9.18 Å². The van der Waals surface area contributed by atoms with Gasteiger partial charge in [-0.1, -0.05) is 54.6 Å². The number of hydrogen-bond donors (Lipinski definition) is 2. The first-order chi connectivity index (χ1) is 16.6. The van der Waals surface area contributed by atoms with E-state index >= 15 is 0 Å². The van der Waals surface area contributed by atoms with E-state index in [2.05, 4.69) is 5.32 Å². The molecule has 35 heavy (non-hydrogen) atoms. The number of carbonyl (C=O) groups is 2. The van der Waals surface area contributed by atoms with Gasteiger partial charge in [-0.3, -0.25) is 4.79 Å². The van der Waals surface area contributed by atoms with Crippen LogP contribution in [0.1, 0.15) is 55.8 Å². The standard InChI is InChI=1S/C28H28FNO5/c1-28(2,3)35-25-13-12-17(14-23(25)29)24(15-26(31)32)30-27(33)34-16-22-20-10-6-4-8-18(20)19-9-5-7-11-21(19)22/h4-14,22,24H,15-16H2,1-3H3,(H,30,33)(H,31,32). The predicted molar refractivity (Wildman–Crippen MR) is 130 cm³/mol. The van der Waals surface area contributed by atoms with Crippen molar-refractivity contribution in [3.05, 3.63) is 89.2 Å². The number of ether oxygens (including phenoxy) is 2. The van der Waals surface area contributed by atoms with E-state index in [1.165, 1.54) is 12.1 Å². The van der Waals surface area contributed by atoms with E-state index in [4.69, 9.17) is 9.47 Å². The summed E-state index contributed by atoms with van der Waals surface area (Å²) >= 11 is 0. The molecule has 1 unspecified atom stereocenters. The van der Waals surface area contributed by atoms with E-state index in [-0.39, 0.29) is 18.3 Å². The lowest BCUT2D eigenvalue weighted by atomic mass is 9.98. The van der Waals surface area contributed by atoms with Gasteiger partial charge in [-0.05, 0) is 60.7 Å². The summed E-state index contributed by atoms with van der Waals surface area (Å²) in [6.45, 7) is 5.48. The Labute approximate surface area is 203 Å². The Bertz CT molecular complexity index is 1200. The topological polar surface area (TPSA) is 84.9 Å². The monoisotopic (exact) mass is 477 g/mol. The van der Waals surface area contributed by atoms with Crippen LogP contribution in [-0.2, 0) is 9.53 Å². The maximum Gasteiger partial charge on any atom is 0.407 e. The Kier molecular flexibility index (Phi) is 6.78. The lowest BCUT2D eigenvalue weighted by Crippen LogP contribution is -2.32. The summed E-state index contributed by atoms with van der Waals surface area (Å²) in [6.07, 6.45) is -1.20. The highest BCUT2D eigenvalue weighted by atomic mass is 19.1. The first kappa shape index (κ1) is 24.3. The molecule has 3 aromatic rings. The summed E-state index contributed by atoms with van der Waals surface area (Å²) in [6, 6.07) is 19.1. The molecule has 0 spiro atoms. The van der Waals surface area contributed by atoms with Crippen LogP contribution in [0.5, 0.6) is 5.75 Å². The van der Waals surface area contributed by atoms with Crippen molar-refractivity contribution >= 4 is 12.1 Å². The number of alkyl carbamates (subject to hydrolysis) is 1. The molecule has 0 aliphatic heterocycles. The summed E-state index contributed by atoms with van der Waals surface area (Å²) < 4.78 is 25.7. The second-order valence-corrected chi connectivity index (χ2v) is 9.52. The number of carbonyl (C=O) groups excluding carboxylic acids is 1. The van der Waals surface area contributed by atoms with E-state index in [0.717, 1.165) is 22.3 Å². The van der Waals surface area contributed by atoms with Crippen molar-refractivity contribution in [1.29, 1.82) is 0 Å². The molecule has 0 radical (unpaired) electrons. The van der Waals surface area contributed by atoms with Gasteiger partial charge in [0.2, 0.25) is 0 Å². The van der Waals surface area contributed by atoms with Crippen molar-refractivity contribution in [2.24, 2.45) is 0 Å². The Balaban J connectivity index is 1.47. The third-order valence-electron chi connectivity index (χ3n) is 5.79. The van der Waals surface area contributed by atoms with Crippen LogP contribution in [0.3, 0.4) is 0 Å². The second-order valence-electron chi connectivity index (χ2n) is 9.52. The number of carboxylic acids is 1. The highest BCUT2D eigenvalue weighted by Gasteiger charge is 2.29. The van der Waals surface area contributed by atoms with Gasteiger partial charge < -0.3 is 19.9 Å². The minimum atomic E-state index is -1.13. The fourth-order valence-corrected chi connectivity index (χ4v) is 4.36. The van der Waals surface area contributed by atoms with Crippen LogP contribution in [0.25, 0.3) is 11.1 Å². The van der Waals surface area contributed by atoms with Crippen molar-refractivity contribution in [1.82, 2.24) is 5.32 Å². The molecular formula is C28H28FNO5. The van der Waals surface area contributed by atoms with Crippen molar-refractivity contribution in [3.63, 3.8) is 0 Å². The average molecular weight is 478 g/mol. The van der Waals surface area contributed by atoms with Gasteiger partial charge in [0, 0.05) is 5.92 Å².